The number of nitrogens with zero attached hydrogens (tertiary/aromatic N) is 2. The van der Waals surface area contributed by atoms with E-state index in [0.29, 0.717) is 30.8 Å². The van der Waals surface area contributed by atoms with E-state index in [0.717, 1.165) is 0 Å². The highest BCUT2D eigenvalue weighted by Gasteiger charge is 2.15. The molecule has 0 amide bonds. The van der Waals surface area contributed by atoms with Gasteiger partial charge in [-0.2, -0.15) is 0 Å². The van der Waals surface area contributed by atoms with Crippen LogP contribution in [0.25, 0.3) is 0 Å². The Kier molecular flexibility index (Phi) is 4.98. The number of nitrogens with two attached hydrogens (primary N) is 1. The van der Waals surface area contributed by atoms with Gasteiger partial charge in [-0.1, -0.05) is 13.8 Å². The molecule has 90 valence electrons. The fraction of sp³-hybridized carbons (Fsp3) is 0.636. The van der Waals surface area contributed by atoms with Crippen LogP contribution in [-0.2, 0) is 4.74 Å². The second-order valence-corrected chi connectivity index (χ2v) is 3.94. The highest BCUT2D eigenvalue weighted by molar-refractivity contribution is 5.55. The predicted octanol–water partition coefficient (Wildman–Crippen LogP) is 1.53. The highest BCUT2D eigenvalue weighted by atomic mass is 16.5. The van der Waals surface area contributed by atoms with Gasteiger partial charge in [-0.3, -0.25) is 0 Å². The molecule has 0 spiro atoms. The first-order valence-corrected chi connectivity index (χ1v) is 5.56. The summed E-state index contributed by atoms with van der Waals surface area (Å²) in [7, 11) is 0. The number of hydrogen-bond acceptors (Lipinski definition) is 5. The van der Waals surface area contributed by atoms with Crippen LogP contribution >= 0.6 is 0 Å². The zero-order valence-corrected chi connectivity index (χ0v) is 10.1. The molecule has 1 aromatic rings. The lowest BCUT2D eigenvalue weighted by Gasteiger charge is -2.22. The van der Waals surface area contributed by atoms with Crippen molar-refractivity contribution >= 4 is 11.6 Å². The van der Waals surface area contributed by atoms with Crippen molar-refractivity contribution in [2.75, 3.05) is 24.3 Å². The van der Waals surface area contributed by atoms with E-state index in [4.69, 9.17) is 10.5 Å². The Balaban J connectivity index is 2.64. The quantitative estimate of drug-likeness (QED) is 0.766. The summed E-state index contributed by atoms with van der Waals surface area (Å²) in [5.74, 6) is 1.48. The second kappa shape index (κ2) is 6.27. The van der Waals surface area contributed by atoms with E-state index in [1.807, 2.05) is 6.92 Å². The van der Waals surface area contributed by atoms with Gasteiger partial charge in [-0.25, -0.2) is 9.97 Å². The third-order valence-electron chi connectivity index (χ3n) is 2.35. The van der Waals surface area contributed by atoms with E-state index in [1.54, 1.807) is 12.4 Å². The number of nitrogens with one attached hydrogen (secondary N) is 1. The van der Waals surface area contributed by atoms with Crippen LogP contribution in [0.3, 0.4) is 0 Å². The van der Waals surface area contributed by atoms with E-state index >= 15 is 0 Å². The molecule has 0 fully saturated rings. The van der Waals surface area contributed by atoms with Gasteiger partial charge in [0, 0.05) is 19.0 Å². The monoisotopic (exact) mass is 224 g/mol. The average Bonchev–Trinajstić information content (AvgIpc) is 2.26. The molecule has 1 heterocycles. The predicted molar refractivity (Wildman–Crippen MR) is 65.2 cm³/mol. The number of aromatic nitrogens is 2. The Morgan fingerprint density at radius 1 is 1.38 bits per heavy atom. The van der Waals surface area contributed by atoms with E-state index in [2.05, 4.69) is 29.1 Å². The molecule has 5 nitrogen and oxygen atoms in total. The lowest BCUT2D eigenvalue weighted by Crippen LogP contribution is -2.31. The Bertz CT molecular complexity index is 317. The van der Waals surface area contributed by atoms with Crippen LogP contribution in [0, 0.1) is 5.92 Å². The number of nitrogen functional groups attached to an aromatic ring is 1. The lowest BCUT2D eigenvalue weighted by molar-refractivity contribution is 0.126. The molecular formula is C11H20N4O. The molecule has 3 N–H and O–H groups in total. The van der Waals surface area contributed by atoms with Crippen molar-refractivity contribution in [3.63, 3.8) is 0 Å². The van der Waals surface area contributed by atoms with Crippen molar-refractivity contribution in [2.45, 2.75) is 26.8 Å². The molecule has 0 aliphatic heterocycles. The summed E-state index contributed by atoms with van der Waals surface area (Å²) in [5, 5.41) is 3.26. The molecule has 0 aliphatic rings. The van der Waals surface area contributed by atoms with Gasteiger partial charge in [0.1, 0.15) is 0 Å². The summed E-state index contributed by atoms with van der Waals surface area (Å²) in [6.45, 7) is 7.59. The van der Waals surface area contributed by atoms with E-state index in [1.165, 1.54) is 0 Å². The third kappa shape index (κ3) is 3.66. The van der Waals surface area contributed by atoms with Gasteiger partial charge < -0.3 is 15.8 Å². The van der Waals surface area contributed by atoms with Crippen LogP contribution in [0.1, 0.15) is 20.8 Å². The number of rotatable bonds is 6. The van der Waals surface area contributed by atoms with E-state index in [9.17, 15) is 0 Å². The number of ether oxygens (including phenoxy) is 1. The number of hydrogen-bond donors (Lipinski definition) is 2. The minimum atomic E-state index is 0.193. The topological polar surface area (TPSA) is 73.1 Å². The zero-order valence-electron chi connectivity index (χ0n) is 10.1. The van der Waals surface area contributed by atoms with Gasteiger partial charge in [-0.05, 0) is 12.8 Å². The van der Waals surface area contributed by atoms with Crippen LogP contribution in [0.15, 0.2) is 12.4 Å². The van der Waals surface area contributed by atoms with Crippen molar-refractivity contribution in [1.82, 2.24) is 9.97 Å². The maximum Gasteiger partial charge on any atom is 0.169 e. The van der Waals surface area contributed by atoms with Crippen LogP contribution in [-0.4, -0.2) is 29.2 Å². The largest absolute Gasteiger partial charge is 0.381 e. The van der Waals surface area contributed by atoms with Gasteiger partial charge in [0.25, 0.3) is 0 Å². The normalized spacial score (nSPS) is 12.8. The van der Waals surface area contributed by atoms with Crippen molar-refractivity contribution in [3.8, 4) is 0 Å². The molecule has 16 heavy (non-hydrogen) atoms. The summed E-state index contributed by atoms with van der Waals surface area (Å²) in [5.41, 5.74) is 5.72. The first-order chi connectivity index (χ1) is 7.65. The summed E-state index contributed by atoms with van der Waals surface area (Å²) in [6.07, 6.45) is 3.20. The molecule has 0 saturated heterocycles. The maximum absolute atomic E-state index is 5.72. The maximum atomic E-state index is 5.72. The number of anilines is 2. The highest BCUT2D eigenvalue weighted by Crippen LogP contribution is 2.14. The average molecular weight is 224 g/mol. The van der Waals surface area contributed by atoms with Gasteiger partial charge in [0.05, 0.1) is 12.6 Å². The molecule has 0 saturated carbocycles. The van der Waals surface area contributed by atoms with E-state index < -0.39 is 0 Å². The fourth-order valence-electron chi connectivity index (χ4n) is 1.28. The first kappa shape index (κ1) is 12.7. The summed E-state index contributed by atoms with van der Waals surface area (Å²) in [4.78, 5) is 8.14. The van der Waals surface area contributed by atoms with Crippen LogP contribution < -0.4 is 11.1 Å². The first-order valence-electron chi connectivity index (χ1n) is 5.56. The Morgan fingerprint density at radius 2 is 2.06 bits per heavy atom. The minimum Gasteiger partial charge on any atom is -0.381 e. The van der Waals surface area contributed by atoms with Gasteiger partial charge >= 0.3 is 0 Å². The Labute approximate surface area is 96.4 Å². The summed E-state index contributed by atoms with van der Waals surface area (Å²) >= 11 is 0. The summed E-state index contributed by atoms with van der Waals surface area (Å²) < 4.78 is 5.42. The van der Waals surface area contributed by atoms with E-state index in [-0.39, 0.29) is 6.04 Å². The standard InChI is InChI=1S/C11H20N4O/c1-4-16-7-9(8(2)3)15-11-10(12)13-5-6-14-11/h5-6,8-9H,4,7H2,1-3H3,(H2,12,13)(H,14,15). The minimum absolute atomic E-state index is 0.193. The van der Waals surface area contributed by atoms with Crippen molar-refractivity contribution in [2.24, 2.45) is 5.92 Å². The SMILES string of the molecule is CCOCC(Nc1nccnc1N)C(C)C. The Hall–Kier alpha value is -1.36. The van der Waals surface area contributed by atoms with Crippen LogP contribution in [0.2, 0.25) is 0 Å². The van der Waals surface area contributed by atoms with Crippen molar-refractivity contribution < 1.29 is 4.74 Å². The molecule has 1 unspecified atom stereocenters. The fourth-order valence-corrected chi connectivity index (χ4v) is 1.28. The third-order valence-corrected chi connectivity index (χ3v) is 2.35. The van der Waals surface area contributed by atoms with Crippen molar-refractivity contribution in [3.05, 3.63) is 12.4 Å². The molecule has 0 radical (unpaired) electrons. The molecular weight excluding hydrogens is 204 g/mol. The molecule has 0 bridgehead atoms. The second-order valence-electron chi connectivity index (χ2n) is 3.94. The van der Waals surface area contributed by atoms with Crippen LogP contribution in [0.4, 0.5) is 11.6 Å². The molecule has 0 aliphatic carbocycles. The van der Waals surface area contributed by atoms with Crippen molar-refractivity contribution in [1.29, 1.82) is 0 Å². The Morgan fingerprint density at radius 3 is 2.62 bits per heavy atom. The lowest BCUT2D eigenvalue weighted by atomic mass is 10.1. The summed E-state index contributed by atoms with van der Waals surface area (Å²) in [6, 6.07) is 0.193. The van der Waals surface area contributed by atoms with Gasteiger partial charge in [0.2, 0.25) is 0 Å². The smallest absolute Gasteiger partial charge is 0.169 e. The van der Waals surface area contributed by atoms with Gasteiger partial charge in [0.15, 0.2) is 11.6 Å². The molecule has 1 rings (SSSR count). The van der Waals surface area contributed by atoms with Crippen LogP contribution in [0.5, 0.6) is 0 Å². The molecule has 0 aromatic carbocycles. The zero-order chi connectivity index (χ0) is 12.0. The molecule has 1 atom stereocenters. The molecule has 1 aromatic heterocycles. The molecule has 5 heteroatoms. The van der Waals surface area contributed by atoms with Gasteiger partial charge in [-0.15, -0.1) is 0 Å².